The summed E-state index contributed by atoms with van der Waals surface area (Å²) >= 11 is 3.36. The molecule has 0 radical (unpaired) electrons. The molecule has 5 heteroatoms. The number of aliphatic hydroxyl groups excluding tert-OH is 1. The number of amides is 1. The van der Waals surface area contributed by atoms with E-state index in [1.165, 1.54) is 0 Å². The quantitative estimate of drug-likeness (QED) is 0.914. The first kappa shape index (κ1) is 12.1. The van der Waals surface area contributed by atoms with Gasteiger partial charge in [-0.2, -0.15) is 0 Å². The van der Waals surface area contributed by atoms with Crippen molar-refractivity contribution in [2.45, 2.75) is 13.0 Å². The maximum atomic E-state index is 11.8. The molecule has 2 N–H and O–H groups in total. The lowest BCUT2D eigenvalue weighted by molar-refractivity contribution is 0.0896. The topological polar surface area (TPSA) is 62.5 Å². The molecule has 90 valence electrons. The molecule has 0 spiro atoms. The lowest BCUT2D eigenvalue weighted by Crippen LogP contribution is -2.34. The number of furan rings is 1. The molecular weight excluding hydrogens is 286 g/mol. The summed E-state index contributed by atoms with van der Waals surface area (Å²) in [6, 6.07) is 6.98. The summed E-state index contributed by atoms with van der Waals surface area (Å²) in [6.07, 6.45) is 0. The van der Waals surface area contributed by atoms with Crippen molar-refractivity contribution in [3.8, 4) is 0 Å². The molecule has 1 aromatic carbocycles. The van der Waals surface area contributed by atoms with Gasteiger partial charge >= 0.3 is 0 Å². The number of aliphatic hydroxyl groups is 1. The second-order valence-corrected chi connectivity index (χ2v) is 4.68. The van der Waals surface area contributed by atoms with Gasteiger partial charge in [-0.15, -0.1) is 0 Å². The van der Waals surface area contributed by atoms with Crippen molar-refractivity contribution in [2.75, 3.05) is 6.61 Å². The van der Waals surface area contributed by atoms with Gasteiger partial charge in [0.1, 0.15) is 5.58 Å². The van der Waals surface area contributed by atoms with Crippen LogP contribution < -0.4 is 5.32 Å². The van der Waals surface area contributed by atoms with Gasteiger partial charge in [0, 0.05) is 11.4 Å². The highest BCUT2D eigenvalue weighted by Gasteiger charge is 2.15. The van der Waals surface area contributed by atoms with Crippen molar-refractivity contribution in [3.63, 3.8) is 0 Å². The molecule has 4 nitrogen and oxygen atoms in total. The molecule has 0 fully saturated rings. The Bertz CT molecular complexity index is 550. The zero-order chi connectivity index (χ0) is 12.4. The maximum Gasteiger partial charge on any atom is 0.287 e. The highest BCUT2D eigenvalue weighted by Crippen LogP contribution is 2.26. The molecule has 0 aliphatic carbocycles. The van der Waals surface area contributed by atoms with Gasteiger partial charge in [-0.1, -0.05) is 12.1 Å². The summed E-state index contributed by atoms with van der Waals surface area (Å²) in [5.41, 5.74) is 0.648. The third-order valence-electron chi connectivity index (χ3n) is 2.37. The first-order valence-corrected chi connectivity index (χ1v) is 6.01. The molecule has 2 aromatic rings. The fourth-order valence-corrected chi connectivity index (χ4v) is 1.94. The zero-order valence-electron chi connectivity index (χ0n) is 9.24. The molecule has 2 rings (SSSR count). The van der Waals surface area contributed by atoms with Gasteiger partial charge in [0.15, 0.2) is 5.76 Å². The summed E-state index contributed by atoms with van der Waals surface area (Å²) < 4.78 is 6.27. The van der Waals surface area contributed by atoms with Gasteiger partial charge in [0.25, 0.3) is 5.91 Å². The number of carbonyl (C=O) groups excluding carboxylic acids is 1. The standard InChI is InChI=1S/C12H12BrNO3/c1-7(6-15)14-12(16)10-5-8-3-2-4-9(13)11(8)17-10/h2-5,7,15H,6H2,1H3,(H,14,16). The Morgan fingerprint density at radius 1 is 1.59 bits per heavy atom. The number of hydrogen-bond donors (Lipinski definition) is 2. The monoisotopic (exact) mass is 297 g/mol. The van der Waals surface area contributed by atoms with Crippen LogP contribution in [0, 0.1) is 0 Å². The van der Waals surface area contributed by atoms with Crippen LogP contribution in [0.5, 0.6) is 0 Å². The predicted molar refractivity (Wildman–Crippen MR) is 67.9 cm³/mol. The first-order chi connectivity index (χ1) is 8.11. The molecule has 0 aliphatic rings. The average Bonchev–Trinajstić information content (AvgIpc) is 2.74. The molecule has 1 unspecified atom stereocenters. The number of halogens is 1. The van der Waals surface area contributed by atoms with Crippen molar-refractivity contribution < 1.29 is 14.3 Å². The fourth-order valence-electron chi connectivity index (χ4n) is 1.48. The SMILES string of the molecule is CC(CO)NC(=O)c1cc2cccc(Br)c2o1. The fraction of sp³-hybridized carbons (Fsp3) is 0.250. The Morgan fingerprint density at radius 2 is 2.35 bits per heavy atom. The van der Waals surface area contributed by atoms with Crippen LogP contribution in [0.2, 0.25) is 0 Å². The Kier molecular flexibility index (Phi) is 3.49. The summed E-state index contributed by atoms with van der Waals surface area (Å²) in [7, 11) is 0. The predicted octanol–water partition coefficient (Wildman–Crippen LogP) is 2.31. The zero-order valence-corrected chi connectivity index (χ0v) is 10.8. The van der Waals surface area contributed by atoms with Crippen LogP contribution in [0.1, 0.15) is 17.5 Å². The molecule has 0 saturated heterocycles. The van der Waals surface area contributed by atoms with E-state index in [1.54, 1.807) is 13.0 Å². The molecule has 1 heterocycles. The number of carbonyl (C=O) groups is 1. The van der Waals surface area contributed by atoms with Gasteiger partial charge in [0.2, 0.25) is 0 Å². The number of para-hydroxylation sites is 1. The van der Waals surface area contributed by atoms with Crippen molar-refractivity contribution in [2.24, 2.45) is 0 Å². The van der Waals surface area contributed by atoms with E-state index in [-0.39, 0.29) is 24.3 Å². The molecule has 1 amide bonds. The molecule has 0 bridgehead atoms. The third kappa shape index (κ3) is 2.50. The molecule has 1 atom stereocenters. The van der Waals surface area contributed by atoms with Crippen LogP contribution >= 0.6 is 15.9 Å². The minimum Gasteiger partial charge on any atom is -0.450 e. The molecule has 1 aromatic heterocycles. The van der Waals surface area contributed by atoms with Crippen LogP contribution in [0.4, 0.5) is 0 Å². The van der Waals surface area contributed by atoms with Crippen molar-refractivity contribution >= 4 is 32.8 Å². The maximum absolute atomic E-state index is 11.8. The molecule has 0 saturated carbocycles. The van der Waals surface area contributed by atoms with Crippen LogP contribution in [-0.4, -0.2) is 23.7 Å². The van der Waals surface area contributed by atoms with E-state index in [4.69, 9.17) is 9.52 Å². The first-order valence-electron chi connectivity index (χ1n) is 5.21. The average molecular weight is 298 g/mol. The highest BCUT2D eigenvalue weighted by molar-refractivity contribution is 9.10. The minimum absolute atomic E-state index is 0.102. The Morgan fingerprint density at radius 3 is 3.00 bits per heavy atom. The summed E-state index contributed by atoms with van der Waals surface area (Å²) in [5.74, 6) is -0.0816. The molecule has 17 heavy (non-hydrogen) atoms. The van der Waals surface area contributed by atoms with Crippen LogP contribution in [0.3, 0.4) is 0 Å². The van der Waals surface area contributed by atoms with Crippen molar-refractivity contribution in [1.29, 1.82) is 0 Å². The third-order valence-corrected chi connectivity index (χ3v) is 3.00. The number of hydrogen-bond acceptors (Lipinski definition) is 3. The minimum atomic E-state index is -0.324. The summed E-state index contributed by atoms with van der Waals surface area (Å²) in [4.78, 5) is 11.8. The smallest absolute Gasteiger partial charge is 0.287 e. The van der Waals surface area contributed by atoms with Crippen LogP contribution in [0.15, 0.2) is 33.2 Å². The van der Waals surface area contributed by atoms with Gasteiger partial charge in [-0.05, 0) is 35.0 Å². The van der Waals surface area contributed by atoms with Crippen molar-refractivity contribution in [3.05, 3.63) is 34.5 Å². The van der Waals surface area contributed by atoms with E-state index in [0.717, 1.165) is 9.86 Å². The number of benzene rings is 1. The van der Waals surface area contributed by atoms with E-state index in [9.17, 15) is 4.79 Å². The van der Waals surface area contributed by atoms with Crippen LogP contribution in [-0.2, 0) is 0 Å². The lowest BCUT2D eigenvalue weighted by Gasteiger charge is -2.08. The van der Waals surface area contributed by atoms with Crippen molar-refractivity contribution in [1.82, 2.24) is 5.32 Å². The normalized spacial score (nSPS) is 12.6. The number of rotatable bonds is 3. The second kappa shape index (κ2) is 4.89. The Balaban J connectivity index is 2.30. The van der Waals surface area contributed by atoms with E-state index in [0.29, 0.717) is 5.58 Å². The second-order valence-electron chi connectivity index (χ2n) is 3.83. The van der Waals surface area contributed by atoms with E-state index in [1.807, 2.05) is 18.2 Å². The van der Waals surface area contributed by atoms with E-state index in [2.05, 4.69) is 21.2 Å². The number of nitrogens with one attached hydrogen (secondary N) is 1. The summed E-state index contributed by atoms with van der Waals surface area (Å²) in [6.45, 7) is 1.62. The van der Waals surface area contributed by atoms with E-state index < -0.39 is 0 Å². The lowest BCUT2D eigenvalue weighted by atomic mass is 10.2. The molecular formula is C12H12BrNO3. The Labute approximate surface area is 107 Å². The van der Waals surface area contributed by atoms with Gasteiger partial charge in [-0.3, -0.25) is 4.79 Å². The Hall–Kier alpha value is -1.33. The van der Waals surface area contributed by atoms with Gasteiger partial charge in [0.05, 0.1) is 11.1 Å². The van der Waals surface area contributed by atoms with Gasteiger partial charge in [-0.25, -0.2) is 0 Å². The molecule has 0 aliphatic heterocycles. The largest absolute Gasteiger partial charge is 0.450 e. The van der Waals surface area contributed by atoms with E-state index >= 15 is 0 Å². The van der Waals surface area contributed by atoms with Gasteiger partial charge < -0.3 is 14.8 Å². The number of fused-ring (bicyclic) bond motifs is 1. The summed E-state index contributed by atoms with van der Waals surface area (Å²) in [5, 5.41) is 12.4. The van der Waals surface area contributed by atoms with Crippen LogP contribution in [0.25, 0.3) is 11.0 Å². The highest BCUT2D eigenvalue weighted by atomic mass is 79.9.